The van der Waals surface area contributed by atoms with Crippen molar-refractivity contribution in [2.24, 2.45) is 5.73 Å². The van der Waals surface area contributed by atoms with E-state index in [-0.39, 0.29) is 5.56 Å². The molecule has 0 radical (unpaired) electrons. The molecule has 3 nitrogen and oxygen atoms in total. The van der Waals surface area contributed by atoms with Crippen molar-refractivity contribution in [3.05, 3.63) is 70.8 Å². The number of benzene rings is 2. The topological polar surface area (TPSA) is 63.3 Å². The highest BCUT2D eigenvalue weighted by molar-refractivity contribution is 5.70. The molecule has 0 heterocycles. The number of hydrogen-bond acceptors (Lipinski definition) is 2. The molecule has 7 heteroatoms. The molecule has 0 saturated heterocycles. The van der Waals surface area contributed by atoms with E-state index in [4.69, 9.17) is 10.8 Å². The van der Waals surface area contributed by atoms with Crippen LogP contribution >= 0.6 is 0 Å². The van der Waals surface area contributed by atoms with Crippen LogP contribution in [-0.4, -0.2) is 11.1 Å². The quantitative estimate of drug-likeness (QED) is 0.846. The summed E-state index contributed by atoms with van der Waals surface area (Å²) in [5.41, 5.74) is 5.73. The van der Waals surface area contributed by atoms with Crippen LogP contribution < -0.4 is 5.73 Å². The monoisotopic (exact) mass is 329 g/mol. The Bertz CT molecular complexity index is 690. The lowest BCUT2D eigenvalue weighted by Gasteiger charge is -2.05. The molecule has 0 aliphatic rings. The van der Waals surface area contributed by atoms with Crippen LogP contribution in [0.3, 0.4) is 0 Å². The molecule has 0 spiro atoms. The molecular formula is C16H15F4NO2. The Morgan fingerprint density at radius 3 is 2.00 bits per heavy atom. The van der Waals surface area contributed by atoms with Crippen LogP contribution in [-0.2, 0) is 11.2 Å². The third-order valence-electron chi connectivity index (χ3n) is 2.81. The average Bonchev–Trinajstić information content (AvgIpc) is 2.42. The molecule has 2 aromatic carbocycles. The molecule has 2 aromatic rings. The van der Waals surface area contributed by atoms with Crippen LogP contribution in [0.15, 0.2) is 36.4 Å². The van der Waals surface area contributed by atoms with Gasteiger partial charge < -0.3 is 10.8 Å². The van der Waals surface area contributed by atoms with E-state index in [1.807, 2.05) is 0 Å². The molecule has 124 valence electrons. The molecule has 23 heavy (non-hydrogen) atoms. The summed E-state index contributed by atoms with van der Waals surface area (Å²) in [6, 6.07) is 5.81. The standard InChI is InChI=1S/C8H9F2N.C8H6F2O2/c1-5(11)7-3-2-6(9)4-8(7)10;9-6-2-1-5(3-8(11)12)7(10)4-6/h2-5H,11H2,1H3;1-2,4H,3H2,(H,11,12). The fraction of sp³-hybridized carbons (Fsp3) is 0.188. The van der Waals surface area contributed by atoms with E-state index < -0.39 is 41.7 Å². The zero-order valence-electron chi connectivity index (χ0n) is 12.2. The molecule has 1 unspecified atom stereocenters. The summed E-state index contributed by atoms with van der Waals surface area (Å²) >= 11 is 0. The number of rotatable bonds is 3. The van der Waals surface area contributed by atoms with Crippen molar-refractivity contribution in [2.45, 2.75) is 19.4 Å². The van der Waals surface area contributed by atoms with E-state index >= 15 is 0 Å². The van der Waals surface area contributed by atoms with Crippen molar-refractivity contribution in [3.63, 3.8) is 0 Å². The van der Waals surface area contributed by atoms with E-state index in [0.717, 1.165) is 18.2 Å². The fourth-order valence-corrected chi connectivity index (χ4v) is 1.70. The second kappa shape index (κ2) is 8.28. The highest BCUT2D eigenvalue weighted by atomic mass is 19.1. The summed E-state index contributed by atoms with van der Waals surface area (Å²) in [5, 5.41) is 8.30. The summed E-state index contributed by atoms with van der Waals surface area (Å²) < 4.78 is 50.1. The highest BCUT2D eigenvalue weighted by Gasteiger charge is 2.07. The van der Waals surface area contributed by atoms with Gasteiger partial charge in [0.1, 0.15) is 23.3 Å². The predicted molar refractivity (Wildman–Crippen MR) is 76.7 cm³/mol. The molecule has 0 fully saturated rings. The Labute approximate surface area is 130 Å². The van der Waals surface area contributed by atoms with Crippen LogP contribution in [0.2, 0.25) is 0 Å². The minimum atomic E-state index is -1.14. The number of carboxylic acid groups (broad SMARTS) is 1. The second-order valence-corrected chi connectivity index (χ2v) is 4.76. The number of aliphatic carboxylic acids is 1. The van der Waals surface area contributed by atoms with Gasteiger partial charge in [0.2, 0.25) is 0 Å². The van der Waals surface area contributed by atoms with Gasteiger partial charge >= 0.3 is 5.97 Å². The zero-order chi connectivity index (χ0) is 17.6. The van der Waals surface area contributed by atoms with Gasteiger partial charge in [-0.3, -0.25) is 4.79 Å². The van der Waals surface area contributed by atoms with Gasteiger partial charge in [-0.25, -0.2) is 17.6 Å². The average molecular weight is 329 g/mol. The van der Waals surface area contributed by atoms with Crippen molar-refractivity contribution in [1.82, 2.24) is 0 Å². The van der Waals surface area contributed by atoms with Gasteiger partial charge in [-0.2, -0.15) is 0 Å². The van der Waals surface area contributed by atoms with Crippen LogP contribution in [0, 0.1) is 23.3 Å². The van der Waals surface area contributed by atoms with Crippen LogP contribution in [0.25, 0.3) is 0 Å². The minimum absolute atomic E-state index is 0.0103. The van der Waals surface area contributed by atoms with Crippen molar-refractivity contribution >= 4 is 5.97 Å². The lowest BCUT2D eigenvalue weighted by molar-refractivity contribution is -0.136. The first kappa shape index (κ1) is 18.6. The largest absolute Gasteiger partial charge is 0.481 e. The van der Waals surface area contributed by atoms with E-state index in [9.17, 15) is 22.4 Å². The van der Waals surface area contributed by atoms with Crippen molar-refractivity contribution in [2.75, 3.05) is 0 Å². The summed E-state index contributed by atoms with van der Waals surface area (Å²) in [5.74, 6) is -3.83. The first-order valence-corrected chi connectivity index (χ1v) is 6.57. The predicted octanol–water partition coefficient (Wildman–Crippen LogP) is 3.58. The maximum atomic E-state index is 12.8. The van der Waals surface area contributed by atoms with Gasteiger partial charge in [0.15, 0.2) is 0 Å². The fourth-order valence-electron chi connectivity index (χ4n) is 1.70. The van der Waals surface area contributed by atoms with Gasteiger partial charge in [-0.1, -0.05) is 12.1 Å². The van der Waals surface area contributed by atoms with Crippen molar-refractivity contribution in [1.29, 1.82) is 0 Å². The lowest BCUT2D eigenvalue weighted by Crippen LogP contribution is -2.07. The number of carbonyl (C=O) groups is 1. The number of hydrogen-bond donors (Lipinski definition) is 2. The third kappa shape index (κ3) is 6.07. The molecule has 2 rings (SSSR count). The van der Waals surface area contributed by atoms with E-state index in [2.05, 4.69) is 0 Å². The maximum Gasteiger partial charge on any atom is 0.307 e. The molecule has 0 saturated carbocycles. The first-order chi connectivity index (χ1) is 10.7. The van der Waals surface area contributed by atoms with Crippen LogP contribution in [0.4, 0.5) is 17.6 Å². The highest BCUT2D eigenvalue weighted by Crippen LogP contribution is 2.15. The Hall–Kier alpha value is -2.41. The van der Waals surface area contributed by atoms with E-state index in [1.165, 1.54) is 12.1 Å². The Morgan fingerprint density at radius 2 is 1.57 bits per heavy atom. The maximum absolute atomic E-state index is 12.8. The van der Waals surface area contributed by atoms with E-state index in [1.54, 1.807) is 6.92 Å². The SMILES string of the molecule is CC(N)c1ccc(F)cc1F.O=C(O)Cc1ccc(F)cc1F. The smallest absolute Gasteiger partial charge is 0.307 e. The molecule has 1 atom stereocenters. The minimum Gasteiger partial charge on any atom is -0.481 e. The zero-order valence-corrected chi connectivity index (χ0v) is 12.2. The molecule has 0 aliphatic carbocycles. The molecule has 0 bridgehead atoms. The van der Waals surface area contributed by atoms with Gasteiger partial charge in [-0.05, 0) is 24.6 Å². The van der Waals surface area contributed by atoms with Gasteiger partial charge in [-0.15, -0.1) is 0 Å². The van der Waals surface area contributed by atoms with Crippen molar-refractivity contribution in [3.8, 4) is 0 Å². The summed E-state index contributed by atoms with van der Waals surface area (Å²) in [6.45, 7) is 1.65. The van der Waals surface area contributed by atoms with Gasteiger partial charge in [0.25, 0.3) is 0 Å². The molecule has 0 aromatic heterocycles. The number of carboxylic acids is 1. The normalized spacial score (nSPS) is 11.4. The Balaban J connectivity index is 0.000000231. The van der Waals surface area contributed by atoms with Gasteiger partial charge in [0, 0.05) is 23.7 Å². The summed E-state index contributed by atoms with van der Waals surface area (Å²) in [7, 11) is 0. The second-order valence-electron chi connectivity index (χ2n) is 4.76. The number of halogens is 4. The van der Waals surface area contributed by atoms with Crippen molar-refractivity contribution < 1.29 is 27.5 Å². The van der Waals surface area contributed by atoms with E-state index in [0.29, 0.717) is 11.6 Å². The first-order valence-electron chi connectivity index (χ1n) is 6.57. The summed E-state index contributed by atoms with van der Waals surface area (Å²) in [4.78, 5) is 10.1. The molecule has 0 aliphatic heterocycles. The Kier molecular flexibility index (Phi) is 6.71. The summed E-state index contributed by atoms with van der Waals surface area (Å²) in [6.07, 6.45) is -0.424. The molecule has 0 amide bonds. The third-order valence-corrected chi connectivity index (χ3v) is 2.81. The lowest BCUT2D eigenvalue weighted by atomic mass is 10.1. The van der Waals surface area contributed by atoms with Crippen LogP contribution in [0.5, 0.6) is 0 Å². The number of nitrogens with two attached hydrogens (primary N) is 1. The van der Waals surface area contributed by atoms with Gasteiger partial charge in [0.05, 0.1) is 6.42 Å². The molecular weight excluding hydrogens is 314 g/mol. The molecule has 3 N–H and O–H groups in total. The Morgan fingerprint density at radius 1 is 1.04 bits per heavy atom. The van der Waals surface area contributed by atoms with Crippen LogP contribution in [0.1, 0.15) is 24.1 Å².